The Morgan fingerprint density at radius 2 is 2.27 bits per heavy atom. The van der Waals surface area contributed by atoms with Gasteiger partial charge in [-0.05, 0) is 13.0 Å². The van der Waals surface area contributed by atoms with E-state index in [1.807, 2.05) is 0 Å². The van der Waals surface area contributed by atoms with Gasteiger partial charge < -0.3 is 14.7 Å². The number of nitrogen functional groups attached to an aromatic ring is 1. The van der Waals surface area contributed by atoms with Gasteiger partial charge in [0.15, 0.2) is 11.6 Å². The lowest BCUT2D eigenvalue weighted by molar-refractivity contribution is -0.401. The van der Waals surface area contributed by atoms with Crippen LogP contribution in [0, 0.1) is 17.0 Å². The average Bonchev–Trinajstić information content (AvgIpc) is 2.76. The number of rotatable bonds is 2. The topological polar surface area (TPSA) is 108 Å². The van der Waals surface area contributed by atoms with E-state index in [9.17, 15) is 10.1 Å². The Hall–Kier alpha value is -2.31. The molecular weight excluding hydrogens is 202 g/mol. The molecule has 0 radical (unpaired) electrons. The number of furan rings is 1. The van der Waals surface area contributed by atoms with E-state index in [2.05, 4.69) is 5.16 Å². The van der Waals surface area contributed by atoms with Crippen LogP contribution >= 0.6 is 0 Å². The lowest BCUT2D eigenvalue weighted by Crippen LogP contribution is -1.86. The van der Waals surface area contributed by atoms with E-state index >= 15 is 0 Å². The summed E-state index contributed by atoms with van der Waals surface area (Å²) in [6.45, 7) is 1.69. The quantitative estimate of drug-likeness (QED) is 0.595. The molecule has 0 unspecified atom stereocenters. The molecule has 2 aromatic rings. The lowest BCUT2D eigenvalue weighted by Gasteiger charge is -1.89. The molecule has 15 heavy (non-hydrogen) atoms. The SMILES string of the molecule is Cc1c(N)noc1-c1ccc([N+](=O)[O-])o1. The average molecular weight is 209 g/mol. The predicted octanol–water partition coefficient (Wildman–Crippen LogP) is 1.73. The summed E-state index contributed by atoms with van der Waals surface area (Å²) in [6, 6.07) is 2.68. The van der Waals surface area contributed by atoms with Crippen LogP contribution in [-0.4, -0.2) is 10.1 Å². The van der Waals surface area contributed by atoms with Crippen LogP contribution in [0.25, 0.3) is 11.5 Å². The summed E-state index contributed by atoms with van der Waals surface area (Å²) in [6.07, 6.45) is 0. The Bertz CT molecular complexity index is 514. The van der Waals surface area contributed by atoms with Crippen molar-refractivity contribution in [3.63, 3.8) is 0 Å². The number of nitro groups is 1. The molecule has 0 amide bonds. The molecule has 0 fully saturated rings. The summed E-state index contributed by atoms with van der Waals surface area (Å²) < 4.78 is 9.82. The molecule has 7 nitrogen and oxygen atoms in total. The van der Waals surface area contributed by atoms with Gasteiger partial charge in [0.2, 0.25) is 5.76 Å². The predicted molar refractivity (Wildman–Crippen MR) is 50.0 cm³/mol. The van der Waals surface area contributed by atoms with Crippen molar-refractivity contribution in [2.45, 2.75) is 6.92 Å². The van der Waals surface area contributed by atoms with Gasteiger partial charge in [-0.15, -0.1) is 0 Å². The molecule has 78 valence electrons. The Kier molecular flexibility index (Phi) is 1.93. The van der Waals surface area contributed by atoms with Crippen LogP contribution in [0.3, 0.4) is 0 Å². The zero-order valence-corrected chi connectivity index (χ0v) is 7.76. The van der Waals surface area contributed by atoms with E-state index in [4.69, 9.17) is 14.7 Å². The second-order valence-corrected chi connectivity index (χ2v) is 2.92. The van der Waals surface area contributed by atoms with Crippen LogP contribution in [0.1, 0.15) is 5.56 Å². The van der Waals surface area contributed by atoms with Crippen molar-refractivity contribution in [1.29, 1.82) is 0 Å². The largest absolute Gasteiger partial charge is 0.433 e. The second kappa shape index (κ2) is 3.12. The van der Waals surface area contributed by atoms with Gasteiger partial charge >= 0.3 is 5.88 Å². The summed E-state index contributed by atoms with van der Waals surface area (Å²) in [5, 5.41) is 13.9. The minimum atomic E-state index is -0.626. The fourth-order valence-electron chi connectivity index (χ4n) is 1.13. The van der Waals surface area contributed by atoms with Crippen LogP contribution in [0.5, 0.6) is 0 Å². The third-order valence-corrected chi connectivity index (χ3v) is 1.96. The van der Waals surface area contributed by atoms with Gasteiger partial charge in [-0.25, -0.2) is 0 Å². The lowest BCUT2D eigenvalue weighted by atomic mass is 10.2. The molecule has 0 aliphatic rings. The van der Waals surface area contributed by atoms with Crippen LogP contribution in [0.2, 0.25) is 0 Å². The van der Waals surface area contributed by atoms with Gasteiger partial charge in [0.05, 0.1) is 6.07 Å². The van der Waals surface area contributed by atoms with E-state index in [-0.39, 0.29) is 17.5 Å². The van der Waals surface area contributed by atoms with Crippen molar-refractivity contribution < 1.29 is 13.9 Å². The summed E-state index contributed by atoms with van der Waals surface area (Å²) in [7, 11) is 0. The van der Waals surface area contributed by atoms with E-state index in [1.54, 1.807) is 6.92 Å². The number of aromatic nitrogens is 1. The van der Waals surface area contributed by atoms with Crippen molar-refractivity contribution in [2.24, 2.45) is 0 Å². The first-order valence-electron chi connectivity index (χ1n) is 4.06. The number of nitrogens with two attached hydrogens (primary N) is 1. The molecule has 7 heteroatoms. The van der Waals surface area contributed by atoms with Crippen LogP contribution in [0.4, 0.5) is 11.7 Å². The third kappa shape index (κ3) is 1.43. The maximum Gasteiger partial charge on any atom is 0.433 e. The zero-order chi connectivity index (χ0) is 11.0. The highest BCUT2D eigenvalue weighted by Crippen LogP contribution is 2.30. The Morgan fingerprint density at radius 1 is 1.53 bits per heavy atom. The molecule has 0 atom stereocenters. The Balaban J connectivity index is 2.46. The summed E-state index contributed by atoms with van der Waals surface area (Å²) in [5.41, 5.74) is 6.06. The summed E-state index contributed by atoms with van der Waals surface area (Å²) in [4.78, 5) is 9.75. The molecule has 2 rings (SSSR count). The normalized spacial score (nSPS) is 10.5. The monoisotopic (exact) mass is 209 g/mol. The molecule has 2 N–H and O–H groups in total. The number of nitrogens with zero attached hydrogens (tertiary/aromatic N) is 2. The molecule has 2 aromatic heterocycles. The van der Waals surface area contributed by atoms with E-state index < -0.39 is 4.92 Å². The van der Waals surface area contributed by atoms with Gasteiger partial charge in [-0.2, -0.15) is 0 Å². The van der Waals surface area contributed by atoms with E-state index in [0.29, 0.717) is 11.3 Å². The smallest absolute Gasteiger partial charge is 0.397 e. The van der Waals surface area contributed by atoms with E-state index in [0.717, 1.165) is 0 Å². The van der Waals surface area contributed by atoms with Crippen molar-refractivity contribution in [3.8, 4) is 11.5 Å². The zero-order valence-electron chi connectivity index (χ0n) is 7.76. The number of anilines is 1. The molecule has 0 spiro atoms. The highest BCUT2D eigenvalue weighted by atomic mass is 16.6. The van der Waals surface area contributed by atoms with Gasteiger partial charge in [0.1, 0.15) is 4.92 Å². The molecule has 0 aromatic carbocycles. The number of hydrogen-bond acceptors (Lipinski definition) is 6. The summed E-state index contributed by atoms with van der Waals surface area (Å²) >= 11 is 0. The molecule has 2 heterocycles. The minimum absolute atomic E-state index is 0.239. The maximum absolute atomic E-state index is 10.4. The van der Waals surface area contributed by atoms with Crippen molar-refractivity contribution in [2.75, 3.05) is 5.73 Å². The number of hydrogen-bond donors (Lipinski definition) is 1. The highest BCUT2D eigenvalue weighted by Gasteiger charge is 2.19. The molecule has 0 bridgehead atoms. The molecular formula is C8H7N3O4. The highest BCUT2D eigenvalue weighted by molar-refractivity contribution is 5.61. The first-order chi connectivity index (χ1) is 7.09. The van der Waals surface area contributed by atoms with Crippen molar-refractivity contribution >= 4 is 11.7 Å². The standard InChI is InChI=1S/C8H7N3O4/c1-4-7(15-10-8(4)9)5-2-3-6(14-5)11(12)13/h2-3H,1H3,(H2,9,10). The Morgan fingerprint density at radius 3 is 2.73 bits per heavy atom. The van der Waals surface area contributed by atoms with Crippen molar-refractivity contribution in [1.82, 2.24) is 5.16 Å². The van der Waals surface area contributed by atoms with Gasteiger partial charge in [0, 0.05) is 5.56 Å². The van der Waals surface area contributed by atoms with Gasteiger partial charge in [0.25, 0.3) is 0 Å². The molecule has 0 aliphatic heterocycles. The minimum Gasteiger partial charge on any atom is -0.397 e. The van der Waals surface area contributed by atoms with Crippen LogP contribution in [-0.2, 0) is 0 Å². The summed E-state index contributed by atoms with van der Waals surface area (Å²) in [5.74, 6) is 0.437. The third-order valence-electron chi connectivity index (χ3n) is 1.96. The molecule has 0 aliphatic carbocycles. The molecule has 0 saturated heterocycles. The van der Waals surface area contributed by atoms with Crippen molar-refractivity contribution in [3.05, 3.63) is 27.8 Å². The second-order valence-electron chi connectivity index (χ2n) is 2.92. The van der Waals surface area contributed by atoms with Gasteiger partial charge in [-0.1, -0.05) is 5.16 Å². The molecule has 0 saturated carbocycles. The fraction of sp³-hybridized carbons (Fsp3) is 0.125. The maximum atomic E-state index is 10.4. The fourth-order valence-corrected chi connectivity index (χ4v) is 1.13. The van der Waals surface area contributed by atoms with Crippen LogP contribution < -0.4 is 5.73 Å². The first-order valence-corrected chi connectivity index (χ1v) is 4.06. The van der Waals surface area contributed by atoms with E-state index in [1.165, 1.54) is 12.1 Å². The van der Waals surface area contributed by atoms with Crippen LogP contribution in [0.15, 0.2) is 21.1 Å². The van der Waals surface area contributed by atoms with Gasteiger partial charge in [-0.3, -0.25) is 10.1 Å². The first kappa shape index (κ1) is 9.25. The Labute approximate surface area is 83.6 Å².